The molecule has 0 aromatic rings. The van der Waals surface area contributed by atoms with Gasteiger partial charge in [-0.3, -0.25) is 4.79 Å². The van der Waals surface area contributed by atoms with E-state index in [-0.39, 0.29) is 17.2 Å². The van der Waals surface area contributed by atoms with Crippen molar-refractivity contribution in [2.75, 3.05) is 5.88 Å². The van der Waals surface area contributed by atoms with Gasteiger partial charge in [-0.2, -0.15) is 0 Å². The first-order valence-electron chi connectivity index (χ1n) is 6.41. The average Bonchev–Trinajstić information content (AvgIpc) is 2.89. The van der Waals surface area contributed by atoms with E-state index in [1.807, 2.05) is 0 Å². The van der Waals surface area contributed by atoms with Crippen LogP contribution in [0.5, 0.6) is 0 Å². The molecule has 3 atom stereocenters. The smallest absolute Gasteiger partial charge is 0.223 e. The molecule has 2 fully saturated rings. The van der Waals surface area contributed by atoms with E-state index in [1.165, 1.54) is 19.3 Å². The van der Waals surface area contributed by atoms with E-state index in [0.717, 1.165) is 12.8 Å². The van der Waals surface area contributed by atoms with Gasteiger partial charge in [0.05, 0.1) is 0 Å². The topological polar surface area (TPSA) is 29.1 Å². The SMILES string of the molecule is CC1(C)CC1C(=O)NC1CCCCC1CCl. The molecule has 0 bridgehead atoms. The van der Waals surface area contributed by atoms with Crippen LogP contribution in [0.25, 0.3) is 0 Å². The first-order chi connectivity index (χ1) is 7.54. The molecule has 2 nitrogen and oxygen atoms in total. The van der Waals surface area contributed by atoms with Gasteiger partial charge in [0, 0.05) is 17.8 Å². The fraction of sp³-hybridized carbons (Fsp3) is 0.923. The van der Waals surface area contributed by atoms with E-state index < -0.39 is 0 Å². The molecule has 2 aliphatic rings. The molecule has 3 unspecified atom stereocenters. The number of rotatable bonds is 3. The maximum atomic E-state index is 12.0. The Morgan fingerprint density at radius 3 is 2.56 bits per heavy atom. The summed E-state index contributed by atoms with van der Waals surface area (Å²) < 4.78 is 0. The van der Waals surface area contributed by atoms with Crippen molar-refractivity contribution in [2.24, 2.45) is 17.3 Å². The molecule has 1 amide bonds. The summed E-state index contributed by atoms with van der Waals surface area (Å²) >= 11 is 5.96. The Kier molecular flexibility index (Phi) is 3.48. The van der Waals surface area contributed by atoms with Gasteiger partial charge in [-0.25, -0.2) is 0 Å². The molecule has 2 saturated carbocycles. The molecule has 3 heteroatoms. The van der Waals surface area contributed by atoms with Crippen LogP contribution in [0.4, 0.5) is 0 Å². The van der Waals surface area contributed by atoms with E-state index in [0.29, 0.717) is 17.8 Å². The van der Waals surface area contributed by atoms with Gasteiger partial charge in [-0.1, -0.05) is 26.7 Å². The predicted molar refractivity (Wildman–Crippen MR) is 66.5 cm³/mol. The summed E-state index contributed by atoms with van der Waals surface area (Å²) in [7, 11) is 0. The van der Waals surface area contributed by atoms with Crippen molar-refractivity contribution in [3.63, 3.8) is 0 Å². The third kappa shape index (κ3) is 2.53. The summed E-state index contributed by atoms with van der Waals surface area (Å²) in [5.74, 6) is 1.66. The first kappa shape index (κ1) is 12.2. The molecule has 2 rings (SSSR count). The summed E-state index contributed by atoms with van der Waals surface area (Å²) in [5, 5.41) is 3.21. The largest absolute Gasteiger partial charge is 0.353 e. The minimum absolute atomic E-state index is 0.231. The summed E-state index contributed by atoms with van der Waals surface area (Å²) in [6.45, 7) is 4.33. The fourth-order valence-corrected chi connectivity index (χ4v) is 3.15. The molecule has 0 spiro atoms. The Morgan fingerprint density at radius 1 is 1.38 bits per heavy atom. The molecule has 92 valence electrons. The number of nitrogens with one attached hydrogen (secondary N) is 1. The molecule has 0 heterocycles. The molecule has 1 N–H and O–H groups in total. The second kappa shape index (κ2) is 4.56. The van der Waals surface area contributed by atoms with Crippen LogP contribution in [0.1, 0.15) is 46.0 Å². The standard InChI is InChI=1S/C13H22ClNO/c1-13(2)7-10(13)12(16)15-11-6-4-3-5-9(11)8-14/h9-11H,3-8H2,1-2H3,(H,15,16). The lowest BCUT2D eigenvalue weighted by molar-refractivity contribution is -0.124. The van der Waals surface area contributed by atoms with E-state index in [2.05, 4.69) is 19.2 Å². The average molecular weight is 244 g/mol. The van der Waals surface area contributed by atoms with Crippen LogP contribution in [-0.2, 0) is 4.79 Å². The second-order valence-electron chi connectivity index (χ2n) is 6.06. The van der Waals surface area contributed by atoms with Crippen LogP contribution in [0.2, 0.25) is 0 Å². The van der Waals surface area contributed by atoms with Crippen LogP contribution in [0.15, 0.2) is 0 Å². The highest BCUT2D eigenvalue weighted by Gasteiger charge is 2.51. The lowest BCUT2D eigenvalue weighted by atomic mass is 9.85. The maximum Gasteiger partial charge on any atom is 0.223 e. The van der Waals surface area contributed by atoms with E-state index in [1.54, 1.807) is 0 Å². The van der Waals surface area contributed by atoms with Gasteiger partial charge in [0.25, 0.3) is 0 Å². The molecule has 0 radical (unpaired) electrons. The summed E-state index contributed by atoms with van der Waals surface area (Å²) in [5.41, 5.74) is 0.231. The summed E-state index contributed by atoms with van der Waals surface area (Å²) in [6, 6.07) is 0.329. The molecule has 0 aromatic heterocycles. The van der Waals surface area contributed by atoms with E-state index in [9.17, 15) is 4.79 Å². The fourth-order valence-electron chi connectivity index (χ4n) is 2.78. The predicted octanol–water partition coefficient (Wildman–Crippen LogP) is 2.95. The van der Waals surface area contributed by atoms with Crippen molar-refractivity contribution in [3.05, 3.63) is 0 Å². The number of hydrogen-bond donors (Lipinski definition) is 1. The van der Waals surface area contributed by atoms with Crippen molar-refractivity contribution >= 4 is 17.5 Å². The molecular weight excluding hydrogens is 222 g/mol. The van der Waals surface area contributed by atoms with Crippen LogP contribution in [0, 0.1) is 17.3 Å². The van der Waals surface area contributed by atoms with Crippen LogP contribution >= 0.6 is 11.6 Å². The van der Waals surface area contributed by atoms with E-state index >= 15 is 0 Å². The van der Waals surface area contributed by atoms with Gasteiger partial charge < -0.3 is 5.32 Å². The van der Waals surface area contributed by atoms with Gasteiger partial charge in [-0.15, -0.1) is 11.6 Å². The third-order valence-electron chi connectivity index (χ3n) is 4.26. The lowest BCUT2D eigenvalue weighted by Crippen LogP contribution is -2.43. The van der Waals surface area contributed by atoms with Crippen LogP contribution in [0.3, 0.4) is 0 Å². The molecule has 16 heavy (non-hydrogen) atoms. The highest BCUT2D eigenvalue weighted by Crippen LogP contribution is 2.51. The molecule has 0 aliphatic heterocycles. The Bertz CT molecular complexity index is 277. The normalized spacial score (nSPS) is 36.8. The van der Waals surface area contributed by atoms with Gasteiger partial charge in [0.15, 0.2) is 0 Å². The molecule has 0 aromatic carbocycles. The zero-order valence-corrected chi connectivity index (χ0v) is 11.0. The Balaban J connectivity index is 1.86. The number of alkyl halides is 1. The zero-order chi connectivity index (χ0) is 11.8. The number of hydrogen-bond acceptors (Lipinski definition) is 1. The Hall–Kier alpha value is -0.240. The van der Waals surface area contributed by atoms with E-state index in [4.69, 9.17) is 11.6 Å². The number of carbonyl (C=O) groups excluding carboxylic acids is 1. The maximum absolute atomic E-state index is 12.0. The highest BCUT2D eigenvalue weighted by atomic mass is 35.5. The summed E-state index contributed by atoms with van der Waals surface area (Å²) in [4.78, 5) is 12.0. The van der Waals surface area contributed by atoms with Crippen molar-refractivity contribution in [3.8, 4) is 0 Å². The molecule has 2 aliphatic carbocycles. The second-order valence-corrected chi connectivity index (χ2v) is 6.37. The highest BCUT2D eigenvalue weighted by molar-refractivity contribution is 6.18. The Morgan fingerprint density at radius 2 is 2.00 bits per heavy atom. The lowest BCUT2D eigenvalue weighted by Gasteiger charge is -2.31. The van der Waals surface area contributed by atoms with Gasteiger partial charge in [0.1, 0.15) is 0 Å². The van der Waals surface area contributed by atoms with Gasteiger partial charge in [-0.05, 0) is 30.6 Å². The molecule has 0 saturated heterocycles. The summed E-state index contributed by atoms with van der Waals surface area (Å²) in [6.07, 6.45) is 5.81. The number of carbonyl (C=O) groups is 1. The third-order valence-corrected chi connectivity index (χ3v) is 4.66. The number of amides is 1. The molecular formula is C13H22ClNO. The van der Waals surface area contributed by atoms with Crippen LogP contribution in [-0.4, -0.2) is 17.8 Å². The van der Waals surface area contributed by atoms with Crippen molar-refractivity contribution < 1.29 is 4.79 Å². The number of halogens is 1. The Labute approximate surface area is 103 Å². The first-order valence-corrected chi connectivity index (χ1v) is 6.94. The van der Waals surface area contributed by atoms with Crippen molar-refractivity contribution in [1.82, 2.24) is 5.32 Å². The van der Waals surface area contributed by atoms with Crippen molar-refractivity contribution in [2.45, 2.75) is 52.0 Å². The quantitative estimate of drug-likeness (QED) is 0.759. The minimum atomic E-state index is 0.231. The van der Waals surface area contributed by atoms with Gasteiger partial charge in [0.2, 0.25) is 5.91 Å². The van der Waals surface area contributed by atoms with Gasteiger partial charge >= 0.3 is 0 Å². The van der Waals surface area contributed by atoms with Crippen LogP contribution < -0.4 is 5.32 Å². The monoisotopic (exact) mass is 243 g/mol. The minimum Gasteiger partial charge on any atom is -0.353 e. The van der Waals surface area contributed by atoms with Crippen molar-refractivity contribution in [1.29, 1.82) is 0 Å². The zero-order valence-electron chi connectivity index (χ0n) is 10.3.